The summed E-state index contributed by atoms with van der Waals surface area (Å²) in [7, 11) is 0. The Morgan fingerprint density at radius 3 is 2.67 bits per heavy atom. The quantitative estimate of drug-likeness (QED) is 0.744. The second kappa shape index (κ2) is 6.74. The van der Waals surface area contributed by atoms with Gasteiger partial charge in [-0.1, -0.05) is 48.8 Å². The van der Waals surface area contributed by atoms with E-state index in [1.807, 2.05) is 43.3 Å². The molecule has 5 heteroatoms. The molecule has 0 spiro atoms. The first-order chi connectivity index (χ1) is 11.6. The Kier molecular flexibility index (Phi) is 4.51. The van der Waals surface area contributed by atoms with Crippen molar-refractivity contribution in [1.82, 2.24) is 9.72 Å². The van der Waals surface area contributed by atoms with Gasteiger partial charge < -0.3 is 14.8 Å². The number of amides is 1. The highest BCUT2D eigenvalue weighted by Gasteiger charge is 2.19. The summed E-state index contributed by atoms with van der Waals surface area (Å²) in [5, 5.41) is 4.20. The molecule has 3 rings (SSSR count). The van der Waals surface area contributed by atoms with Crippen LogP contribution in [-0.4, -0.2) is 15.6 Å². The van der Waals surface area contributed by atoms with Gasteiger partial charge in [-0.15, -0.1) is 0 Å². The molecular formula is C19H21N3O2. The van der Waals surface area contributed by atoms with E-state index in [2.05, 4.69) is 16.6 Å². The number of rotatable bonds is 6. The molecule has 0 aliphatic heterocycles. The number of aromatic nitrogens is 2. The summed E-state index contributed by atoms with van der Waals surface area (Å²) in [5.41, 5.74) is 9.44. The highest BCUT2D eigenvalue weighted by Crippen LogP contribution is 2.29. The van der Waals surface area contributed by atoms with Gasteiger partial charge in [0, 0.05) is 23.9 Å². The summed E-state index contributed by atoms with van der Waals surface area (Å²) in [5.74, 6) is 0.280. The normalized spacial score (nSPS) is 10.9. The van der Waals surface area contributed by atoms with Crippen molar-refractivity contribution >= 4 is 5.91 Å². The maximum absolute atomic E-state index is 11.7. The monoisotopic (exact) mass is 323 g/mol. The van der Waals surface area contributed by atoms with Crippen LogP contribution in [0.15, 0.2) is 47.0 Å². The average molecular weight is 323 g/mol. The van der Waals surface area contributed by atoms with Crippen molar-refractivity contribution in [2.24, 2.45) is 5.73 Å². The van der Waals surface area contributed by atoms with E-state index in [1.165, 1.54) is 0 Å². The third-order valence-corrected chi connectivity index (χ3v) is 4.20. The first-order valence-corrected chi connectivity index (χ1v) is 8.14. The van der Waals surface area contributed by atoms with E-state index in [0.717, 1.165) is 36.3 Å². The van der Waals surface area contributed by atoms with Crippen LogP contribution in [0.1, 0.15) is 35.8 Å². The molecule has 5 nitrogen and oxygen atoms in total. The lowest BCUT2D eigenvalue weighted by molar-refractivity contribution is 0.0999. The Morgan fingerprint density at radius 1 is 1.25 bits per heavy atom. The van der Waals surface area contributed by atoms with Crippen molar-refractivity contribution in [2.45, 2.75) is 33.2 Å². The molecule has 0 saturated carbocycles. The second-order valence-electron chi connectivity index (χ2n) is 5.84. The molecule has 0 atom stereocenters. The van der Waals surface area contributed by atoms with Gasteiger partial charge >= 0.3 is 0 Å². The number of nitrogens with two attached hydrogens (primary N) is 1. The summed E-state index contributed by atoms with van der Waals surface area (Å²) >= 11 is 0. The SMILES string of the molecule is CCCCn1c(-c2cc(-c3ccccc3)on2)cc(C(N)=O)c1C. The van der Waals surface area contributed by atoms with Crippen LogP contribution in [0.25, 0.3) is 22.7 Å². The molecule has 0 fully saturated rings. The molecule has 24 heavy (non-hydrogen) atoms. The molecule has 0 bridgehead atoms. The van der Waals surface area contributed by atoms with Crippen LogP contribution in [-0.2, 0) is 6.54 Å². The number of carbonyl (C=O) groups is 1. The lowest BCUT2D eigenvalue weighted by atomic mass is 10.1. The van der Waals surface area contributed by atoms with Crippen LogP contribution >= 0.6 is 0 Å². The second-order valence-corrected chi connectivity index (χ2v) is 5.84. The molecular weight excluding hydrogens is 302 g/mol. The lowest BCUT2D eigenvalue weighted by Crippen LogP contribution is -2.12. The van der Waals surface area contributed by atoms with E-state index in [0.29, 0.717) is 17.0 Å². The van der Waals surface area contributed by atoms with E-state index in [-0.39, 0.29) is 0 Å². The molecule has 0 aliphatic rings. The van der Waals surface area contributed by atoms with Gasteiger partial charge in [0.2, 0.25) is 0 Å². The largest absolute Gasteiger partial charge is 0.366 e. The van der Waals surface area contributed by atoms with Crippen LogP contribution < -0.4 is 5.73 Å². The van der Waals surface area contributed by atoms with Crippen LogP contribution in [0.4, 0.5) is 0 Å². The molecule has 124 valence electrons. The number of primary amides is 1. The number of nitrogens with zero attached hydrogens (tertiary/aromatic N) is 2. The van der Waals surface area contributed by atoms with Gasteiger partial charge in [0.25, 0.3) is 5.91 Å². The van der Waals surface area contributed by atoms with Crippen LogP contribution in [0, 0.1) is 6.92 Å². The topological polar surface area (TPSA) is 74.1 Å². The lowest BCUT2D eigenvalue weighted by Gasteiger charge is -2.09. The molecule has 0 unspecified atom stereocenters. The number of hydrogen-bond acceptors (Lipinski definition) is 3. The third kappa shape index (κ3) is 2.97. The Hall–Kier alpha value is -2.82. The van der Waals surface area contributed by atoms with Gasteiger partial charge in [-0.2, -0.15) is 0 Å². The van der Waals surface area contributed by atoms with E-state index in [9.17, 15) is 4.79 Å². The van der Waals surface area contributed by atoms with Crippen molar-refractivity contribution in [3.63, 3.8) is 0 Å². The molecule has 1 amide bonds. The van der Waals surface area contributed by atoms with Crippen molar-refractivity contribution in [1.29, 1.82) is 0 Å². The van der Waals surface area contributed by atoms with Gasteiger partial charge in [0.05, 0.1) is 11.3 Å². The number of carbonyl (C=O) groups excluding carboxylic acids is 1. The maximum atomic E-state index is 11.7. The van der Waals surface area contributed by atoms with Crippen LogP contribution in [0.2, 0.25) is 0 Å². The predicted octanol–water partition coefficient (Wildman–Crippen LogP) is 4.02. The van der Waals surface area contributed by atoms with Gasteiger partial charge in [-0.25, -0.2) is 0 Å². The molecule has 0 radical (unpaired) electrons. The molecule has 2 heterocycles. The third-order valence-electron chi connectivity index (χ3n) is 4.20. The summed E-state index contributed by atoms with van der Waals surface area (Å²) in [4.78, 5) is 11.7. The standard InChI is InChI=1S/C19H21N3O2/c1-3-4-10-22-13(2)15(19(20)23)11-17(22)16-12-18(24-21-16)14-8-6-5-7-9-14/h5-9,11-12H,3-4,10H2,1-2H3,(H2,20,23). The molecule has 0 saturated heterocycles. The van der Waals surface area contributed by atoms with E-state index in [1.54, 1.807) is 6.07 Å². The molecule has 1 aromatic carbocycles. The fourth-order valence-corrected chi connectivity index (χ4v) is 2.85. The fraction of sp³-hybridized carbons (Fsp3) is 0.263. The predicted molar refractivity (Wildman–Crippen MR) is 93.5 cm³/mol. The Morgan fingerprint density at radius 2 is 2.00 bits per heavy atom. The van der Waals surface area contributed by atoms with Crippen molar-refractivity contribution < 1.29 is 9.32 Å². The minimum Gasteiger partial charge on any atom is -0.366 e. The Labute approximate surface area is 141 Å². The summed E-state index contributed by atoms with van der Waals surface area (Å²) < 4.78 is 7.59. The zero-order valence-electron chi connectivity index (χ0n) is 14.0. The van der Waals surface area contributed by atoms with Gasteiger partial charge in [-0.3, -0.25) is 4.79 Å². The summed E-state index contributed by atoms with van der Waals surface area (Å²) in [6.45, 7) is 4.87. The van der Waals surface area contributed by atoms with Crippen molar-refractivity contribution in [3.8, 4) is 22.7 Å². The smallest absolute Gasteiger partial charge is 0.250 e. The Bertz CT molecular complexity index is 847. The van der Waals surface area contributed by atoms with E-state index in [4.69, 9.17) is 10.3 Å². The van der Waals surface area contributed by atoms with E-state index < -0.39 is 5.91 Å². The highest BCUT2D eigenvalue weighted by atomic mass is 16.5. The van der Waals surface area contributed by atoms with Crippen LogP contribution in [0.3, 0.4) is 0 Å². The van der Waals surface area contributed by atoms with Gasteiger partial charge in [0.1, 0.15) is 5.69 Å². The zero-order valence-corrected chi connectivity index (χ0v) is 14.0. The minimum atomic E-state index is -0.421. The minimum absolute atomic E-state index is 0.421. The number of unbranched alkanes of at least 4 members (excludes halogenated alkanes) is 1. The summed E-state index contributed by atoms with van der Waals surface area (Å²) in [6, 6.07) is 13.5. The molecule has 0 aliphatic carbocycles. The maximum Gasteiger partial charge on any atom is 0.250 e. The van der Waals surface area contributed by atoms with Gasteiger partial charge in [-0.05, 0) is 19.4 Å². The highest BCUT2D eigenvalue weighted by molar-refractivity contribution is 5.95. The van der Waals surface area contributed by atoms with Crippen molar-refractivity contribution in [3.05, 3.63) is 53.7 Å². The molecule has 2 aromatic heterocycles. The zero-order chi connectivity index (χ0) is 17.1. The molecule has 2 N–H and O–H groups in total. The number of benzene rings is 1. The first kappa shape index (κ1) is 16.1. The number of hydrogen-bond donors (Lipinski definition) is 1. The van der Waals surface area contributed by atoms with Gasteiger partial charge in [0.15, 0.2) is 5.76 Å². The average Bonchev–Trinajstić information content (AvgIpc) is 3.19. The van der Waals surface area contributed by atoms with Crippen LogP contribution in [0.5, 0.6) is 0 Å². The van der Waals surface area contributed by atoms with Crippen molar-refractivity contribution in [2.75, 3.05) is 0 Å². The Balaban J connectivity index is 2.04. The molecule has 3 aromatic rings. The first-order valence-electron chi connectivity index (χ1n) is 8.14. The summed E-state index contributed by atoms with van der Waals surface area (Å²) in [6.07, 6.45) is 2.08. The van der Waals surface area contributed by atoms with E-state index >= 15 is 0 Å². The fourth-order valence-electron chi connectivity index (χ4n) is 2.85.